The van der Waals surface area contributed by atoms with Crippen molar-refractivity contribution in [2.45, 2.75) is 39.5 Å². The van der Waals surface area contributed by atoms with Crippen LogP contribution in [0, 0.1) is 0 Å². The third-order valence-corrected chi connectivity index (χ3v) is 8.45. The summed E-state index contributed by atoms with van der Waals surface area (Å²) in [6, 6.07) is 28.5. The van der Waals surface area contributed by atoms with Crippen LogP contribution in [-0.2, 0) is 7.05 Å². The van der Waals surface area contributed by atoms with E-state index in [-0.39, 0.29) is 0 Å². The molecule has 1 N–H and O–H groups in total. The molecule has 5 aromatic rings. The Balaban J connectivity index is 1.68. The van der Waals surface area contributed by atoms with Crippen LogP contribution in [0.25, 0.3) is 44.1 Å². The predicted octanol–water partition coefficient (Wildman–Crippen LogP) is 12.0. The van der Waals surface area contributed by atoms with Gasteiger partial charge in [0.05, 0.1) is 5.52 Å². The molecule has 0 saturated heterocycles. The summed E-state index contributed by atoms with van der Waals surface area (Å²) in [5.74, 6) is 0.346. The molecule has 0 spiro atoms. The van der Waals surface area contributed by atoms with Crippen LogP contribution in [0.2, 0.25) is 0 Å². The lowest BCUT2D eigenvalue weighted by atomic mass is 9.87. The van der Waals surface area contributed by atoms with Crippen LogP contribution in [0.1, 0.15) is 56.2 Å². The number of allylic oxidation sites excluding steroid dienone is 7. The Kier molecular flexibility index (Phi) is 8.97. The fraction of sp³-hybridized carbons (Fsp3) is 0.171. The van der Waals surface area contributed by atoms with Crippen molar-refractivity contribution >= 4 is 44.3 Å². The summed E-state index contributed by atoms with van der Waals surface area (Å²) in [6.45, 7) is 18.9. The van der Waals surface area contributed by atoms with E-state index in [4.69, 9.17) is 0 Å². The molecule has 0 saturated carbocycles. The number of nitrogens with zero attached hydrogens (tertiary/aromatic N) is 1. The maximum Gasteiger partial charge on any atom is 0.0530 e. The molecule has 0 aliphatic rings. The van der Waals surface area contributed by atoms with Crippen LogP contribution >= 0.6 is 0 Å². The molecule has 1 unspecified atom stereocenters. The maximum atomic E-state index is 4.42. The largest absolute Gasteiger partial charge is 0.355 e. The second-order valence-electron chi connectivity index (χ2n) is 11.3. The van der Waals surface area contributed by atoms with Crippen LogP contribution in [0.3, 0.4) is 0 Å². The van der Waals surface area contributed by atoms with Gasteiger partial charge < -0.3 is 9.88 Å². The van der Waals surface area contributed by atoms with Crippen molar-refractivity contribution < 1.29 is 0 Å². The van der Waals surface area contributed by atoms with E-state index < -0.39 is 0 Å². The molecule has 0 bridgehead atoms. The first kappa shape index (κ1) is 29.7. The van der Waals surface area contributed by atoms with E-state index in [2.05, 4.69) is 136 Å². The first-order valence-electron chi connectivity index (χ1n) is 15.1. The highest BCUT2D eigenvalue weighted by Gasteiger charge is 2.20. The smallest absolute Gasteiger partial charge is 0.0530 e. The maximum absolute atomic E-state index is 4.42. The molecule has 0 aliphatic heterocycles. The number of hydrogen-bond acceptors (Lipinski definition) is 1. The van der Waals surface area contributed by atoms with Crippen molar-refractivity contribution in [1.82, 2.24) is 4.57 Å². The van der Waals surface area contributed by atoms with E-state index >= 15 is 0 Å². The van der Waals surface area contributed by atoms with E-state index in [0.717, 1.165) is 29.8 Å². The Morgan fingerprint density at radius 1 is 0.884 bits per heavy atom. The molecule has 43 heavy (non-hydrogen) atoms. The minimum atomic E-state index is 0.346. The van der Waals surface area contributed by atoms with Crippen molar-refractivity contribution in [3.05, 3.63) is 146 Å². The minimum absolute atomic E-state index is 0.346. The van der Waals surface area contributed by atoms with Crippen LogP contribution in [0.15, 0.2) is 129 Å². The quantitative estimate of drug-likeness (QED) is 0.125. The van der Waals surface area contributed by atoms with Gasteiger partial charge in [-0.25, -0.2) is 0 Å². The first-order chi connectivity index (χ1) is 20.9. The molecule has 216 valence electrons. The number of para-hydroxylation sites is 1. The fourth-order valence-electron chi connectivity index (χ4n) is 6.10. The molecular formula is C41H42N2. The summed E-state index contributed by atoms with van der Waals surface area (Å²) < 4.78 is 2.37. The monoisotopic (exact) mass is 562 g/mol. The number of aryl methyl sites for hydroxylation is 1. The highest BCUT2D eigenvalue weighted by atomic mass is 14.9. The molecule has 2 nitrogen and oxygen atoms in total. The van der Waals surface area contributed by atoms with Gasteiger partial charge in [0.2, 0.25) is 0 Å². The van der Waals surface area contributed by atoms with Crippen LogP contribution in [0.4, 0.5) is 11.4 Å². The third-order valence-electron chi connectivity index (χ3n) is 8.45. The van der Waals surface area contributed by atoms with Crippen molar-refractivity contribution in [3.8, 4) is 11.1 Å². The molecule has 2 heteroatoms. The molecule has 0 aliphatic carbocycles. The fourth-order valence-corrected chi connectivity index (χ4v) is 6.10. The average Bonchev–Trinajstić information content (AvgIpc) is 3.32. The Hall–Kier alpha value is -4.82. The zero-order valence-corrected chi connectivity index (χ0v) is 26.0. The van der Waals surface area contributed by atoms with Gasteiger partial charge in [-0.2, -0.15) is 0 Å². The van der Waals surface area contributed by atoms with E-state index in [1.165, 1.54) is 55.2 Å². The number of benzene rings is 4. The third kappa shape index (κ3) is 5.92. The Morgan fingerprint density at radius 2 is 1.63 bits per heavy atom. The van der Waals surface area contributed by atoms with Gasteiger partial charge >= 0.3 is 0 Å². The second-order valence-corrected chi connectivity index (χ2v) is 11.3. The highest BCUT2D eigenvalue weighted by Crippen LogP contribution is 2.41. The van der Waals surface area contributed by atoms with Crippen LogP contribution in [-0.4, -0.2) is 4.57 Å². The number of rotatable bonds is 11. The highest BCUT2D eigenvalue weighted by molar-refractivity contribution is 6.11. The summed E-state index contributed by atoms with van der Waals surface area (Å²) in [6.07, 6.45) is 11.8. The number of hydrogen-bond donors (Lipinski definition) is 1. The molecule has 1 heterocycles. The molecule has 5 rings (SSSR count). The number of nitrogens with one attached hydrogen (secondary N) is 1. The molecule has 0 amide bonds. The predicted molar refractivity (Wildman–Crippen MR) is 191 cm³/mol. The van der Waals surface area contributed by atoms with E-state index in [0.29, 0.717) is 5.92 Å². The summed E-state index contributed by atoms with van der Waals surface area (Å²) >= 11 is 0. The van der Waals surface area contributed by atoms with Crippen molar-refractivity contribution in [1.29, 1.82) is 0 Å². The minimum Gasteiger partial charge on any atom is -0.355 e. The van der Waals surface area contributed by atoms with Crippen molar-refractivity contribution in [2.75, 3.05) is 5.32 Å². The van der Waals surface area contributed by atoms with Gasteiger partial charge in [-0.1, -0.05) is 99.9 Å². The zero-order chi connectivity index (χ0) is 30.5. The lowest BCUT2D eigenvalue weighted by Crippen LogP contribution is -2.02. The standard InChI is InChI=1S/C41H42N2/c1-8-11-13-17-29(5)36-26-31(20-24-38(36)42-33-18-14-12-15-19-33)32-21-25-39-37(27-32)35-23-22-34(28(4)10-3)40(30(6)16-9-2)41(35)43(39)7/h8-9,11-15,17-27,30,42H,1-2,4,10,16H2,3,5-7H3/b13-11-,29-17+. The molecular weight excluding hydrogens is 520 g/mol. The van der Waals surface area contributed by atoms with E-state index in [1.807, 2.05) is 24.3 Å². The van der Waals surface area contributed by atoms with Crippen molar-refractivity contribution in [2.24, 2.45) is 7.05 Å². The van der Waals surface area contributed by atoms with Crippen molar-refractivity contribution in [3.63, 3.8) is 0 Å². The normalized spacial score (nSPS) is 12.6. The van der Waals surface area contributed by atoms with E-state index in [9.17, 15) is 0 Å². The Morgan fingerprint density at radius 3 is 2.35 bits per heavy atom. The summed E-state index contributed by atoms with van der Waals surface area (Å²) in [5.41, 5.74) is 13.2. The van der Waals surface area contributed by atoms with E-state index in [1.54, 1.807) is 6.08 Å². The number of fused-ring (bicyclic) bond motifs is 3. The van der Waals surface area contributed by atoms with Gasteiger partial charge in [0.15, 0.2) is 0 Å². The summed E-state index contributed by atoms with van der Waals surface area (Å²) in [7, 11) is 2.19. The number of aromatic nitrogens is 1. The molecule has 1 atom stereocenters. The Bertz CT molecular complexity index is 1880. The van der Waals surface area contributed by atoms with Gasteiger partial charge in [-0.15, -0.1) is 6.58 Å². The van der Waals surface area contributed by atoms with Crippen LogP contribution in [0.5, 0.6) is 0 Å². The SMILES string of the molecule is C=C/C=C\C=C(/C)c1cc(-c2ccc3c(c2)c2ccc(C(=C)CC)c(C(C)CC=C)c2n3C)ccc1Nc1ccccc1. The summed E-state index contributed by atoms with van der Waals surface area (Å²) in [4.78, 5) is 0. The second kappa shape index (κ2) is 13.0. The first-order valence-corrected chi connectivity index (χ1v) is 15.1. The molecule has 0 radical (unpaired) electrons. The lowest BCUT2D eigenvalue weighted by Gasteiger charge is -2.19. The topological polar surface area (TPSA) is 17.0 Å². The van der Waals surface area contributed by atoms with Gasteiger partial charge in [-0.05, 0) is 95.5 Å². The van der Waals surface area contributed by atoms with Crippen LogP contribution < -0.4 is 5.32 Å². The average molecular weight is 563 g/mol. The number of anilines is 2. The summed E-state index contributed by atoms with van der Waals surface area (Å²) in [5, 5.41) is 6.18. The molecule has 0 fully saturated rings. The molecule has 4 aromatic carbocycles. The van der Waals surface area contributed by atoms with Gasteiger partial charge in [0.25, 0.3) is 0 Å². The molecule has 1 aromatic heterocycles. The zero-order valence-electron chi connectivity index (χ0n) is 26.0. The lowest BCUT2D eigenvalue weighted by molar-refractivity contribution is 0.778. The Labute approximate surface area is 257 Å². The van der Waals surface area contributed by atoms with Gasteiger partial charge in [0.1, 0.15) is 0 Å². The van der Waals surface area contributed by atoms with Gasteiger partial charge in [-0.3, -0.25) is 0 Å². The van der Waals surface area contributed by atoms with Gasteiger partial charge in [0, 0.05) is 40.3 Å².